The van der Waals surface area contributed by atoms with Crippen molar-refractivity contribution in [3.8, 4) is 0 Å². The number of aliphatic hydroxyl groups is 2. The van der Waals surface area contributed by atoms with Crippen LogP contribution in [0.15, 0.2) is 4.79 Å². The third-order valence-corrected chi connectivity index (χ3v) is 5.17. The van der Waals surface area contributed by atoms with Gasteiger partial charge in [-0.15, -0.1) is 0 Å². The Labute approximate surface area is 145 Å². The maximum Gasteiger partial charge on any atom is 0.284 e. The van der Waals surface area contributed by atoms with Crippen molar-refractivity contribution in [1.29, 1.82) is 0 Å². The summed E-state index contributed by atoms with van der Waals surface area (Å²) in [6, 6.07) is 0. The molecule has 1 aromatic rings. The van der Waals surface area contributed by atoms with Gasteiger partial charge in [-0.1, -0.05) is 0 Å². The maximum atomic E-state index is 12.5. The number of fused-ring (bicyclic) bond motifs is 1. The second kappa shape index (κ2) is 6.88. The van der Waals surface area contributed by atoms with Crippen molar-refractivity contribution < 1.29 is 23.2 Å². The number of aliphatic hydroxyl groups excluding tert-OH is 2. The number of quaternary nitrogens is 1. The molecule has 0 bridgehead atoms. The monoisotopic (exact) mass is 378 g/mol. The molecule has 0 aliphatic carbocycles. The number of nitrogen functional groups attached to an aromatic ring is 1. The first-order valence-electron chi connectivity index (χ1n) is 7.69. The first-order chi connectivity index (χ1) is 11.5. The summed E-state index contributed by atoms with van der Waals surface area (Å²) in [5.41, 5.74) is 5.73. The Bertz CT molecular complexity index is 810. The number of nitrogens with two attached hydrogens (primary N) is 1. The van der Waals surface area contributed by atoms with Gasteiger partial charge in [-0.3, -0.25) is 18.4 Å². The van der Waals surface area contributed by atoms with Crippen molar-refractivity contribution >= 4 is 27.6 Å². The lowest BCUT2D eigenvalue weighted by molar-refractivity contribution is 0.0790. The summed E-state index contributed by atoms with van der Waals surface area (Å²) in [6.07, 6.45) is -0.828. The maximum absolute atomic E-state index is 12.5. The molecule has 12 heteroatoms. The van der Waals surface area contributed by atoms with Gasteiger partial charge in [0.15, 0.2) is 12.4 Å². The Morgan fingerprint density at radius 2 is 2.00 bits per heavy atom. The zero-order valence-corrected chi connectivity index (χ0v) is 15.0. The van der Waals surface area contributed by atoms with Gasteiger partial charge >= 0.3 is 0 Å². The predicted octanol–water partition coefficient (Wildman–Crippen LogP) is -2.29. The van der Waals surface area contributed by atoms with Crippen LogP contribution in [0.4, 0.5) is 17.5 Å². The Hall–Kier alpha value is -1.73. The van der Waals surface area contributed by atoms with Crippen LogP contribution in [0.25, 0.3) is 0 Å². The average Bonchev–Trinajstić information content (AvgIpc) is 2.80. The van der Waals surface area contributed by atoms with Crippen molar-refractivity contribution in [2.24, 2.45) is 7.05 Å². The third-order valence-electron chi connectivity index (χ3n) is 4.48. The molecule has 2 heterocycles. The molecular weight excluding hydrogens is 354 g/mol. The summed E-state index contributed by atoms with van der Waals surface area (Å²) in [6.45, 7) is -0.0378. The zero-order chi connectivity index (χ0) is 19.0. The molecule has 25 heavy (non-hydrogen) atoms. The third kappa shape index (κ3) is 3.93. The van der Waals surface area contributed by atoms with E-state index >= 15 is 0 Å². The van der Waals surface area contributed by atoms with Crippen LogP contribution in [0.2, 0.25) is 0 Å². The minimum Gasteiger partial charge on any atom is -0.394 e. The largest absolute Gasteiger partial charge is 0.394 e. The number of hydrogen-bond acceptors (Lipinski definition) is 8. The van der Waals surface area contributed by atoms with Crippen LogP contribution in [0.3, 0.4) is 0 Å². The summed E-state index contributed by atoms with van der Waals surface area (Å²) in [4.78, 5) is 18.4. The SMILES string of the molecule is CN1C[N+](CCC(O)CO)(CCS(=O)(=O)O)c2nc(N)n(C)c(=O)c21. The van der Waals surface area contributed by atoms with Crippen LogP contribution in [-0.4, -0.2) is 78.0 Å². The van der Waals surface area contributed by atoms with Crippen LogP contribution < -0.4 is 20.7 Å². The molecule has 0 saturated carbocycles. The van der Waals surface area contributed by atoms with Crippen molar-refractivity contribution in [1.82, 2.24) is 14.0 Å². The van der Waals surface area contributed by atoms with Crippen LogP contribution in [0.1, 0.15) is 6.42 Å². The molecule has 0 spiro atoms. The molecule has 11 nitrogen and oxygen atoms in total. The number of nitrogens with zero attached hydrogens (tertiary/aromatic N) is 4. The van der Waals surface area contributed by atoms with E-state index in [1.807, 2.05) is 0 Å². The van der Waals surface area contributed by atoms with Crippen molar-refractivity contribution in [2.45, 2.75) is 12.5 Å². The predicted molar refractivity (Wildman–Crippen MR) is 92.8 cm³/mol. The Morgan fingerprint density at radius 1 is 1.36 bits per heavy atom. The minimum atomic E-state index is -4.23. The van der Waals surface area contributed by atoms with E-state index in [1.165, 1.54) is 11.6 Å². The molecule has 1 aromatic heterocycles. The van der Waals surface area contributed by atoms with Crippen LogP contribution >= 0.6 is 0 Å². The van der Waals surface area contributed by atoms with E-state index in [9.17, 15) is 18.3 Å². The lowest BCUT2D eigenvalue weighted by Crippen LogP contribution is -2.54. The van der Waals surface area contributed by atoms with Gasteiger partial charge < -0.3 is 20.8 Å². The minimum absolute atomic E-state index is 0.0175. The van der Waals surface area contributed by atoms with Gasteiger partial charge in [0.2, 0.25) is 5.95 Å². The molecule has 1 aliphatic rings. The molecular formula is C13H24N5O6S+. The number of rotatable bonds is 7. The van der Waals surface area contributed by atoms with E-state index in [0.29, 0.717) is 11.5 Å². The van der Waals surface area contributed by atoms with E-state index in [2.05, 4.69) is 4.98 Å². The highest BCUT2D eigenvalue weighted by Crippen LogP contribution is 2.37. The summed E-state index contributed by atoms with van der Waals surface area (Å²) >= 11 is 0. The molecule has 142 valence electrons. The van der Waals surface area contributed by atoms with Gasteiger partial charge in [-0.25, -0.2) is 0 Å². The number of anilines is 2. The van der Waals surface area contributed by atoms with E-state index in [-0.39, 0.29) is 42.2 Å². The summed E-state index contributed by atoms with van der Waals surface area (Å²) in [7, 11) is -1.07. The smallest absolute Gasteiger partial charge is 0.284 e. The lowest BCUT2D eigenvalue weighted by Gasteiger charge is -2.33. The molecule has 2 atom stereocenters. The summed E-state index contributed by atoms with van der Waals surface area (Å²) < 4.78 is 32.7. The quantitative estimate of drug-likeness (QED) is 0.302. The zero-order valence-electron chi connectivity index (χ0n) is 14.2. The fourth-order valence-electron chi connectivity index (χ4n) is 3.05. The standard InChI is InChI=1S/C13H23N5O6S/c1-16-8-18(4-3-9(20)7-19,5-6-25(22,23)24)11-10(16)12(21)17(2)13(14)15-11/h9,19-20H,3-8H2,1-2H3,(H2-,14,15,21,22,23,24)/p+1. The van der Waals surface area contributed by atoms with Gasteiger partial charge in [0.05, 0.1) is 19.3 Å². The second-order valence-corrected chi connectivity index (χ2v) is 7.92. The van der Waals surface area contributed by atoms with Gasteiger partial charge in [-0.05, 0) is 0 Å². The molecule has 2 unspecified atom stereocenters. The van der Waals surface area contributed by atoms with Gasteiger partial charge in [0, 0.05) is 20.5 Å². The van der Waals surface area contributed by atoms with Crippen molar-refractivity contribution in [3.05, 3.63) is 10.4 Å². The Kier molecular flexibility index (Phi) is 5.39. The van der Waals surface area contributed by atoms with Gasteiger partial charge in [-0.2, -0.15) is 13.4 Å². The molecule has 0 saturated heterocycles. The lowest BCUT2D eigenvalue weighted by atomic mass is 10.2. The normalized spacial score (nSPS) is 21.4. The van der Waals surface area contributed by atoms with E-state index in [1.54, 1.807) is 11.9 Å². The fraction of sp³-hybridized carbons (Fsp3) is 0.692. The Morgan fingerprint density at radius 3 is 2.56 bits per heavy atom. The first-order valence-corrected chi connectivity index (χ1v) is 9.30. The topological polar surface area (TPSA) is 159 Å². The molecule has 1 aliphatic heterocycles. The van der Waals surface area contributed by atoms with Gasteiger partial charge in [0.1, 0.15) is 12.3 Å². The van der Waals surface area contributed by atoms with Crippen molar-refractivity contribution in [3.63, 3.8) is 0 Å². The average molecular weight is 378 g/mol. The Balaban J connectivity index is 2.52. The highest BCUT2D eigenvalue weighted by atomic mass is 32.2. The molecule has 0 aromatic carbocycles. The molecule has 0 fully saturated rings. The molecule has 2 rings (SSSR count). The van der Waals surface area contributed by atoms with Crippen molar-refractivity contribution in [2.75, 3.05) is 49.8 Å². The van der Waals surface area contributed by atoms with E-state index in [0.717, 1.165) is 0 Å². The molecule has 0 amide bonds. The fourth-order valence-corrected chi connectivity index (χ4v) is 3.63. The van der Waals surface area contributed by atoms with Crippen LogP contribution in [0, 0.1) is 0 Å². The summed E-state index contributed by atoms with van der Waals surface area (Å²) in [5.74, 6) is -0.250. The van der Waals surface area contributed by atoms with Crippen LogP contribution in [0.5, 0.6) is 0 Å². The van der Waals surface area contributed by atoms with Gasteiger partial charge in [0.25, 0.3) is 21.5 Å². The van der Waals surface area contributed by atoms with E-state index < -0.39 is 28.6 Å². The highest BCUT2D eigenvalue weighted by Gasteiger charge is 2.46. The second-order valence-electron chi connectivity index (χ2n) is 6.35. The molecule has 0 radical (unpaired) electrons. The van der Waals surface area contributed by atoms with E-state index in [4.69, 9.17) is 15.4 Å². The first kappa shape index (κ1) is 19.6. The highest BCUT2D eigenvalue weighted by molar-refractivity contribution is 7.85. The molecule has 5 N–H and O–H groups in total. The number of hydrogen-bond donors (Lipinski definition) is 4. The summed E-state index contributed by atoms with van der Waals surface area (Å²) in [5, 5.41) is 18.7. The van der Waals surface area contributed by atoms with Crippen LogP contribution in [-0.2, 0) is 17.2 Å². The number of aromatic nitrogens is 2.